The Balaban J connectivity index is 1.75. The highest BCUT2D eigenvalue weighted by atomic mass is 16.5. The third-order valence-electron chi connectivity index (χ3n) is 4.67. The van der Waals surface area contributed by atoms with E-state index < -0.39 is 5.97 Å². The highest BCUT2D eigenvalue weighted by molar-refractivity contribution is 5.69. The zero-order valence-corrected chi connectivity index (χ0v) is 12.3. The van der Waals surface area contributed by atoms with Gasteiger partial charge in [0.2, 0.25) is 0 Å². The van der Waals surface area contributed by atoms with Crippen molar-refractivity contribution in [3.05, 3.63) is 35.4 Å². The van der Waals surface area contributed by atoms with Crippen molar-refractivity contribution in [1.29, 1.82) is 0 Å². The van der Waals surface area contributed by atoms with Crippen LogP contribution in [-0.4, -0.2) is 41.7 Å². The number of hydrogen-bond acceptors (Lipinski definition) is 3. The van der Waals surface area contributed by atoms with Gasteiger partial charge in [0.25, 0.3) is 0 Å². The Kier molecular flexibility index (Phi) is 4.56. The molecule has 0 spiro atoms. The van der Waals surface area contributed by atoms with Crippen LogP contribution in [0.15, 0.2) is 24.3 Å². The second-order valence-electron chi connectivity index (χ2n) is 6.07. The van der Waals surface area contributed by atoms with Gasteiger partial charge in [-0.3, -0.25) is 9.69 Å². The van der Waals surface area contributed by atoms with E-state index in [9.17, 15) is 9.90 Å². The fraction of sp³-hybridized carbons (Fsp3) is 0.588. The van der Waals surface area contributed by atoms with Gasteiger partial charge in [0.15, 0.2) is 0 Å². The Morgan fingerprint density at radius 2 is 2.05 bits per heavy atom. The van der Waals surface area contributed by atoms with Crippen LogP contribution in [0.4, 0.5) is 0 Å². The first kappa shape index (κ1) is 14.5. The first-order valence-corrected chi connectivity index (χ1v) is 7.89. The molecule has 21 heavy (non-hydrogen) atoms. The van der Waals surface area contributed by atoms with Crippen LogP contribution in [0.2, 0.25) is 0 Å². The van der Waals surface area contributed by atoms with Crippen molar-refractivity contribution in [2.24, 2.45) is 0 Å². The van der Waals surface area contributed by atoms with Crippen molar-refractivity contribution in [1.82, 2.24) is 4.90 Å². The lowest BCUT2D eigenvalue weighted by atomic mass is 9.97. The van der Waals surface area contributed by atoms with Gasteiger partial charge in [0, 0.05) is 12.6 Å². The van der Waals surface area contributed by atoms with Crippen LogP contribution in [0.25, 0.3) is 0 Å². The normalized spacial score (nSPS) is 22.4. The third-order valence-corrected chi connectivity index (χ3v) is 4.67. The van der Waals surface area contributed by atoms with Crippen LogP contribution in [0.1, 0.15) is 42.9 Å². The smallest absolute Gasteiger partial charge is 0.317 e. The molecule has 1 aliphatic carbocycles. The number of benzene rings is 1. The van der Waals surface area contributed by atoms with Crippen LogP contribution in [0.3, 0.4) is 0 Å². The lowest BCUT2D eigenvalue weighted by molar-refractivity contribution is -0.139. The molecule has 0 bridgehead atoms. The molecule has 1 aromatic carbocycles. The third kappa shape index (κ3) is 3.44. The molecule has 114 valence electrons. The Labute approximate surface area is 125 Å². The number of rotatable bonds is 5. The number of hydrogen-bond donors (Lipinski definition) is 1. The summed E-state index contributed by atoms with van der Waals surface area (Å²) in [5.41, 5.74) is 2.58. The fourth-order valence-corrected chi connectivity index (χ4v) is 3.63. The number of carboxylic acid groups (broad SMARTS) is 1. The molecule has 3 rings (SSSR count). The molecule has 0 amide bonds. The van der Waals surface area contributed by atoms with E-state index in [2.05, 4.69) is 23.1 Å². The van der Waals surface area contributed by atoms with E-state index in [1.54, 1.807) is 0 Å². The molecule has 1 fully saturated rings. The van der Waals surface area contributed by atoms with Gasteiger partial charge >= 0.3 is 5.97 Å². The first-order valence-electron chi connectivity index (χ1n) is 7.89. The zero-order valence-electron chi connectivity index (χ0n) is 12.3. The summed E-state index contributed by atoms with van der Waals surface area (Å²) in [4.78, 5) is 13.3. The van der Waals surface area contributed by atoms with E-state index in [1.807, 2.05) is 6.07 Å². The maximum atomic E-state index is 11.2. The van der Waals surface area contributed by atoms with Crippen molar-refractivity contribution < 1.29 is 14.6 Å². The number of nitrogens with zero attached hydrogens (tertiary/aromatic N) is 1. The van der Waals surface area contributed by atoms with Gasteiger partial charge in [0.05, 0.1) is 19.3 Å². The minimum Gasteiger partial charge on any atom is -0.480 e. The van der Waals surface area contributed by atoms with E-state index in [-0.39, 0.29) is 12.6 Å². The van der Waals surface area contributed by atoms with Crippen molar-refractivity contribution in [2.45, 2.75) is 44.2 Å². The van der Waals surface area contributed by atoms with Crippen LogP contribution >= 0.6 is 0 Å². The predicted molar refractivity (Wildman–Crippen MR) is 80.3 cm³/mol. The van der Waals surface area contributed by atoms with Gasteiger partial charge in [-0.1, -0.05) is 37.1 Å². The van der Waals surface area contributed by atoms with Gasteiger partial charge < -0.3 is 9.84 Å². The number of ether oxygens (including phenoxy) is 1. The summed E-state index contributed by atoms with van der Waals surface area (Å²) in [5.74, 6) is -0.744. The lowest BCUT2D eigenvalue weighted by Gasteiger charge is -2.34. The topological polar surface area (TPSA) is 49.8 Å². The van der Waals surface area contributed by atoms with E-state index in [1.165, 1.54) is 24.0 Å². The molecule has 1 atom stereocenters. The molecule has 1 aromatic rings. The van der Waals surface area contributed by atoms with Gasteiger partial charge in [-0.15, -0.1) is 0 Å². The predicted octanol–water partition coefficient (Wildman–Crippen LogP) is 2.63. The monoisotopic (exact) mass is 289 g/mol. The van der Waals surface area contributed by atoms with Gasteiger partial charge in [0.1, 0.15) is 0 Å². The van der Waals surface area contributed by atoms with Gasteiger partial charge in [-0.05, 0) is 30.4 Å². The number of aliphatic carboxylic acids is 1. The molecular weight excluding hydrogens is 266 g/mol. The molecule has 0 aromatic heterocycles. The maximum Gasteiger partial charge on any atom is 0.317 e. The molecule has 1 heterocycles. The summed E-state index contributed by atoms with van der Waals surface area (Å²) < 4.78 is 5.94. The second-order valence-corrected chi connectivity index (χ2v) is 6.07. The average Bonchev–Trinajstić information content (AvgIpc) is 3.01. The molecule has 4 nitrogen and oxygen atoms in total. The molecule has 1 aliphatic heterocycles. The van der Waals surface area contributed by atoms with Gasteiger partial charge in [-0.2, -0.15) is 0 Å². The Morgan fingerprint density at radius 1 is 1.29 bits per heavy atom. The molecule has 4 heteroatoms. The standard InChI is InChI=1S/C17H23NO3/c19-17(20)12-18(14-6-2-3-7-14)11-16-15-8-4-1-5-13(15)9-10-21-16/h1,4-5,8,14,16H,2-3,6-7,9-12H2,(H,19,20). The Bertz CT molecular complexity index is 497. The average molecular weight is 289 g/mol. The molecular formula is C17H23NO3. The number of carboxylic acids is 1. The van der Waals surface area contributed by atoms with Gasteiger partial charge in [-0.25, -0.2) is 0 Å². The quantitative estimate of drug-likeness (QED) is 0.905. The van der Waals surface area contributed by atoms with Crippen LogP contribution < -0.4 is 0 Å². The SMILES string of the molecule is O=C(O)CN(CC1OCCc2ccccc21)C1CCCC1. The van der Waals surface area contributed by atoms with Crippen molar-refractivity contribution >= 4 is 5.97 Å². The largest absolute Gasteiger partial charge is 0.480 e. The maximum absolute atomic E-state index is 11.2. The summed E-state index contributed by atoms with van der Waals surface area (Å²) >= 11 is 0. The Hall–Kier alpha value is -1.39. The van der Waals surface area contributed by atoms with Crippen LogP contribution in [0.5, 0.6) is 0 Å². The van der Waals surface area contributed by atoms with E-state index in [0.29, 0.717) is 12.6 Å². The summed E-state index contributed by atoms with van der Waals surface area (Å²) in [6.07, 6.45) is 5.61. The molecule has 0 saturated heterocycles. The minimum absolute atomic E-state index is 0.00917. The van der Waals surface area contributed by atoms with Crippen LogP contribution in [-0.2, 0) is 16.0 Å². The molecule has 1 unspecified atom stereocenters. The first-order chi connectivity index (χ1) is 10.2. The van der Waals surface area contributed by atoms with Crippen LogP contribution in [0, 0.1) is 0 Å². The zero-order chi connectivity index (χ0) is 14.7. The van der Waals surface area contributed by atoms with E-state index >= 15 is 0 Å². The summed E-state index contributed by atoms with van der Waals surface area (Å²) in [6, 6.07) is 8.78. The number of fused-ring (bicyclic) bond motifs is 1. The molecule has 1 saturated carbocycles. The lowest BCUT2D eigenvalue weighted by Crippen LogP contribution is -2.41. The molecule has 2 aliphatic rings. The summed E-state index contributed by atoms with van der Waals surface area (Å²) in [7, 11) is 0. The van der Waals surface area contributed by atoms with E-state index in [4.69, 9.17) is 4.74 Å². The molecule has 0 radical (unpaired) electrons. The fourth-order valence-electron chi connectivity index (χ4n) is 3.63. The highest BCUT2D eigenvalue weighted by Gasteiger charge is 2.29. The molecule has 1 N–H and O–H groups in total. The Morgan fingerprint density at radius 3 is 2.81 bits per heavy atom. The van der Waals surface area contributed by atoms with Crippen molar-refractivity contribution in [2.75, 3.05) is 19.7 Å². The number of carbonyl (C=O) groups is 1. The van der Waals surface area contributed by atoms with E-state index in [0.717, 1.165) is 25.9 Å². The minimum atomic E-state index is -0.744. The summed E-state index contributed by atoms with van der Waals surface area (Å²) in [6.45, 7) is 1.54. The van der Waals surface area contributed by atoms with Crippen molar-refractivity contribution in [3.8, 4) is 0 Å². The summed E-state index contributed by atoms with van der Waals surface area (Å²) in [5, 5.41) is 9.19. The van der Waals surface area contributed by atoms with Crippen molar-refractivity contribution in [3.63, 3.8) is 0 Å². The highest BCUT2D eigenvalue weighted by Crippen LogP contribution is 2.30. The second kappa shape index (κ2) is 6.58.